The molecule has 1 aliphatic heterocycles. The minimum absolute atomic E-state index is 0.0448. The van der Waals surface area contributed by atoms with Gasteiger partial charge >= 0.3 is 0 Å². The molecule has 3 unspecified atom stereocenters. The number of fused-ring (bicyclic) bond motifs is 1. The van der Waals surface area contributed by atoms with Crippen molar-refractivity contribution in [2.75, 3.05) is 52.9 Å². The van der Waals surface area contributed by atoms with Gasteiger partial charge in [-0.05, 0) is 12.8 Å². The fourth-order valence-corrected chi connectivity index (χ4v) is 2.51. The Morgan fingerprint density at radius 3 is 1.70 bits per heavy atom. The van der Waals surface area contributed by atoms with Crippen LogP contribution in [0.2, 0.25) is 0 Å². The largest absolute Gasteiger partial charge is 0.393 e. The first-order valence-electron chi connectivity index (χ1n) is 7.51. The second-order valence-corrected chi connectivity index (χ2v) is 5.12. The van der Waals surface area contributed by atoms with Crippen LogP contribution in [0.5, 0.6) is 0 Å². The maximum Gasteiger partial charge on any atom is 0.0862 e. The highest BCUT2D eigenvalue weighted by atomic mass is 16.6. The van der Waals surface area contributed by atoms with Crippen molar-refractivity contribution < 1.29 is 28.8 Å². The van der Waals surface area contributed by atoms with Crippen molar-refractivity contribution in [1.82, 2.24) is 0 Å². The molecule has 1 saturated heterocycles. The maximum absolute atomic E-state index is 9.75. The standard InChI is InChI=1S/C14H26O6/c15-12-1-2-13-14(11-12)20-10-8-18-6-4-16-3-5-17-7-9-19-13/h12-15H,1-11H2. The fraction of sp³-hybridized carbons (Fsp3) is 1.00. The molecule has 0 spiro atoms. The van der Waals surface area contributed by atoms with Gasteiger partial charge in [-0.1, -0.05) is 0 Å². The molecule has 0 aromatic carbocycles. The van der Waals surface area contributed by atoms with Gasteiger partial charge in [-0.2, -0.15) is 0 Å². The summed E-state index contributed by atoms with van der Waals surface area (Å²) in [4.78, 5) is 0. The summed E-state index contributed by atoms with van der Waals surface area (Å²) >= 11 is 0. The molecule has 20 heavy (non-hydrogen) atoms. The lowest BCUT2D eigenvalue weighted by Crippen LogP contribution is -2.41. The first kappa shape index (κ1) is 16.1. The molecule has 0 aromatic heterocycles. The summed E-state index contributed by atoms with van der Waals surface area (Å²) in [6, 6.07) is 0. The topological polar surface area (TPSA) is 66.4 Å². The smallest absolute Gasteiger partial charge is 0.0862 e. The van der Waals surface area contributed by atoms with Crippen LogP contribution in [-0.4, -0.2) is 76.3 Å². The van der Waals surface area contributed by atoms with E-state index in [0.29, 0.717) is 59.3 Å². The van der Waals surface area contributed by atoms with E-state index in [9.17, 15) is 5.11 Å². The fourth-order valence-electron chi connectivity index (χ4n) is 2.51. The second-order valence-electron chi connectivity index (χ2n) is 5.12. The normalized spacial score (nSPS) is 35.5. The van der Waals surface area contributed by atoms with Crippen molar-refractivity contribution in [3.63, 3.8) is 0 Å². The predicted octanol–water partition coefficient (Wildman–Crippen LogP) is 0.365. The highest BCUT2D eigenvalue weighted by Gasteiger charge is 2.31. The molecular weight excluding hydrogens is 264 g/mol. The lowest BCUT2D eigenvalue weighted by Gasteiger charge is -2.33. The molecule has 2 aliphatic rings. The number of aliphatic hydroxyl groups excluding tert-OH is 1. The van der Waals surface area contributed by atoms with Crippen LogP contribution in [0.25, 0.3) is 0 Å². The van der Waals surface area contributed by atoms with Gasteiger partial charge in [0.2, 0.25) is 0 Å². The molecule has 0 bridgehead atoms. The summed E-state index contributed by atoms with van der Waals surface area (Å²) in [6.45, 7) is 4.47. The Bertz CT molecular complexity index is 250. The van der Waals surface area contributed by atoms with Crippen LogP contribution in [0.15, 0.2) is 0 Å². The summed E-state index contributed by atoms with van der Waals surface area (Å²) in [5, 5.41) is 9.75. The lowest BCUT2D eigenvalue weighted by atomic mass is 9.92. The number of aliphatic hydroxyl groups is 1. The Hall–Kier alpha value is -0.240. The third kappa shape index (κ3) is 6.03. The van der Waals surface area contributed by atoms with E-state index in [-0.39, 0.29) is 18.3 Å². The van der Waals surface area contributed by atoms with Crippen molar-refractivity contribution in [3.8, 4) is 0 Å². The quantitative estimate of drug-likeness (QED) is 0.695. The van der Waals surface area contributed by atoms with Crippen molar-refractivity contribution in [3.05, 3.63) is 0 Å². The van der Waals surface area contributed by atoms with Crippen molar-refractivity contribution in [2.45, 2.75) is 37.6 Å². The molecule has 2 fully saturated rings. The first-order chi connectivity index (χ1) is 9.86. The van der Waals surface area contributed by atoms with Gasteiger partial charge in [0.15, 0.2) is 0 Å². The van der Waals surface area contributed by atoms with E-state index in [0.717, 1.165) is 12.8 Å². The highest BCUT2D eigenvalue weighted by Crippen LogP contribution is 2.24. The molecule has 0 amide bonds. The SMILES string of the molecule is OC1CCC2OCCOCCOCCOCCOC2C1. The van der Waals surface area contributed by atoms with Gasteiger partial charge in [0.25, 0.3) is 0 Å². The molecule has 2 rings (SSSR count). The molecule has 1 aliphatic carbocycles. The Balaban J connectivity index is 1.78. The highest BCUT2D eigenvalue weighted by molar-refractivity contribution is 4.81. The molecule has 1 heterocycles. The zero-order chi connectivity index (χ0) is 14.0. The van der Waals surface area contributed by atoms with E-state index in [1.807, 2.05) is 0 Å². The van der Waals surface area contributed by atoms with Gasteiger partial charge < -0.3 is 28.8 Å². The predicted molar refractivity (Wildman–Crippen MR) is 71.8 cm³/mol. The van der Waals surface area contributed by atoms with Crippen LogP contribution in [0, 0.1) is 0 Å². The lowest BCUT2D eigenvalue weighted by molar-refractivity contribution is -0.127. The molecule has 0 aromatic rings. The molecule has 1 N–H and O–H groups in total. The maximum atomic E-state index is 9.75. The van der Waals surface area contributed by atoms with Gasteiger partial charge in [-0.3, -0.25) is 0 Å². The van der Waals surface area contributed by atoms with E-state index in [2.05, 4.69) is 0 Å². The van der Waals surface area contributed by atoms with Gasteiger partial charge in [0.05, 0.1) is 71.2 Å². The Morgan fingerprint density at radius 2 is 1.10 bits per heavy atom. The van der Waals surface area contributed by atoms with Crippen LogP contribution >= 0.6 is 0 Å². The third-order valence-corrected chi connectivity index (χ3v) is 3.57. The summed E-state index contributed by atoms with van der Waals surface area (Å²) in [5.41, 5.74) is 0. The molecule has 3 atom stereocenters. The van der Waals surface area contributed by atoms with Crippen LogP contribution in [-0.2, 0) is 23.7 Å². The van der Waals surface area contributed by atoms with Crippen LogP contribution in [0.3, 0.4) is 0 Å². The summed E-state index contributed by atoms with van der Waals surface area (Å²) in [6.07, 6.45) is 1.94. The average Bonchev–Trinajstić information content (AvgIpc) is 2.45. The van der Waals surface area contributed by atoms with Gasteiger partial charge in [-0.15, -0.1) is 0 Å². The minimum atomic E-state index is -0.285. The Labute approximate surface area is 120 Å². The molecule has 118 valence electrons. The molecular formula is C14H26O6. The van der Waals surface area contributed by atoms with E-state index in [1.54, 1.807) is 0 Å². The molecule has 6 nitrogen and oxygen atoms in total. The Morgan fingerprint density at radius 1 is 0.600 bits per heavy atom. The molecule has 0 radical (unpaired) electrons. The van der Waals surface area contributed by atoms with Crippen molar-refractivity contribution in [2.24, 2.45) is 0 Å². The monoisotopic (exact) mass is 290 g/mol. The number of hydrogen-bond acceptors (Lipinski definition) is 6. The van der Waals surface area contributed by atoms with Crippen molar-refractivity contribution >= 4 is 0 Å². The first-order valence-corrected chi connectivity index (χ1v) is 7.51. The van der Waals surface area contributed by atoms with Gasteiger partial charge in [0, 0.05) is 6.42 Å². The van der Waals surface area contributed by atoms with E-state index >= 15 is 0 Å². The third-order valence-electron chi connectivity index (χ3n) is 3.57. The molecule has 6 heteroatoms. The number of ether oxygens (including phenoxy) is 5. The summed E-state index contributed by atoms with van der Waals surface area (Å²) < 4.78 is 27.8. The summed E-state index contributed by atoms with van der Waals surface area (Å²) in [7, 11) is 0. The van der Waals surface area contributed by atoms with E-state index in [4.69, 9.17) is 23.7 Å². The van der Waals surface area contributed by atoms with Crippen LogP contribution in [0.1, 0.15) is 19.3 Å². The van der Waals surface area contributed by atoms with Gasteiger partial charge in [0.1, 0.15) is 0 Å². The number of hydrogen-bond donors (Lipinski definition) is 1. The summed E-state index contributed by atoms with van der Waals surface area (Å²) in [5.74, 6) is 0. The van der Waals surface area contributed by atoms with E-state index < -0.39 is 0 Å². The average molecular weight is 290 g/mol. The van der Waals surface area contributed by atoms with Crippen molar-refractivity contribution in [1.29, 1.82) is 0 Å². The van der Waals surface area contributed by atoms with E-state index in [1.165, 1.54) is 0 Å². The zero-order valence-corrected chi connectivity index (χ0v) is 12.0. The molecule has 1 saturated carbocycles. The van der Waals surface area contributed by atoms with Gasteiger partial charge in [-0.25, -0.2) is 0 Å². The zero-order valence-electron chi connectivity index (χ0n) is 12.0. The Kier molecular flexibility index (Phi) is 7.79. The number of rotatable bonds is 0. The second kappa shape index (κ2) is 9.65. The minimum Gasteiger partial charge on any atom is -0.393 e. The van der Waals surface area contributed by atoms with Crippen LogP contribution in [0.4, 0.5) is 0 Å². The van der Waals surface area contributed by atoms with Crippen LogP contribution < -0.4 is 0 Å².